The fourth-order valence-corrected chi connectivity index (χ4v) is 2.52. The van der Waals surface area contributed by atoms with Crippen LogP contribution in [0.5, 0.6) is 0 Å². The summed E-state index contributed by atoms with van der Waals surface area (Å²) in [5.41, 5.74) is 0.629. The Bertz CT molecular complexity index is 853. The molecule has 0 atom stereocenters. The molecule has 8 heteroatoms. The molecule has 3 rings (SSSR count). The molecule has 0 bridgehead atoms. The van der Waals surface area contributed by atoms with Crippen LogP contribution in [0.2, 0.25) is 0 Å². The molecule has 0 spiro atoms. The second-order valence-corrected chi connectivity index (χ2v) is 5.30. The highest BCUT2D eigenvalue weighted by molar-refractivity contribution is 7.99. The highest BCUT2D eigenvalue weighted by Gasteiger charge is 2.15. The van der Waals surface area contributed by atoms with Gasteiger partial charge in [0, 0.05) is 7.05 Å². The van der Waals surface area contributed by atoms with E-state index in [1.165, 1.54) is 17.8 Å². The Kier molecular flexibility index (Phi) is 3.80. The Hall–Kier alpha value is -2.79. The third kappa shape index (κ3) is 2.66. The van der Waals surface area contributed by atoms with Gasteiger partial charge in [-0.15, -0.1) is 20.4 Å². The van der Waals surface area contributed by atoms with Crippen molar-refractivity contribution in [3.8, 4) is 17.5 Å². The van der Waals surface area contributed by atoms with Crippen molar-refractivity contribution in [2.75, 3.05) is 0 Å². The highest BCUT2D eigenvalue weighted by atomic mass is 32.2. The lowest BCUT2D eigenvalue weighted by Gasteiger charge is -2.04. The predicted molar refractivity (Wildman–Crippen MR) is 77.3 cm³/mol. The number of benzene rings is 1. The molecule has 0 radical (unpaired) electrons. The van der Waals surface area contributed by atoms with Crippen molar-refractivity contribution < 1.29 is 4.39 Å². The molecule has 6 nitrogen and oxygen atoms in total. The predicted octanol–water partition coefficient (Wildman–Crippen LogP) is 2.43. The highest BCUT2D eigenvalue weighted by Crippen LogP contribution is 2.28. The van der Waals surface area contributed by atoms with Gasteiger partial charge < -0.3 is 4.57 Å². The van der Waals surface area contributed by atoms with Gasteiger partial charge in [-0.2, -0.15) is 5.26 Å². The van der Waals surface area contributed by atoms with Crippen LogP contribution in [0.15, 0.2) is 46.6 Å². The number of nitrogens with zero attached hydrogens (tertiary/aromatic N) is 6. The molecule has 1 aromatic carbocycles. The van der Waals surface area contributed by atoms with Gasteiger partial charge in [-0.25, -0.2) is 4.39 Å². The first-order valence-corrected chi connectivity index (χ1v) is 7.06. The molecule has 0 amide bonds. The summed E-state index contributed by atoms with van der Waals surface area (Å²) in [4.78, 5) is 0. The zero-order valence-electron chi connectivity index (χ0n) is 11.4. The lowest BCUT2D eigenvalue weighted by Crippen LogP contribution is -1.97. The summed E-state index contributed by atoms with van der Waals surface area (Å²) in [5, 5.41) is 25.6. The van der Waals surface area contributed by atoms with Gasteiger partial charge in [-0.1, -0.05) is 12.1 Å². The topological polar surface area (TPSA) is 80.3 Å². The minimum absolute atomic E-state index is 0.245. The molecule has 22 heavy (non-hydrogen) atoms. The van der Waals surface area contributed by atoms with Gasteiger partial charge in [0.15, 0.2) is 16.7 Å². The van der Waals surface area contributed by atoms with Crippen LogP contribution in [0.4, 0.5) is 4.39 Å². The molecule has 2 aromatic heterocycles. The van der Waals surface area contributed by atoms with E-state index < -0.39 is 0 Å². The van der Waals surface area contributed by atoms with Crippen molar-refractivity contribution in [2.24, 2.45) is 7.05 Å². The second kappa shape index (κ2) is 5.91. The third-order valence-corrected chi connectivity index (χ3v) is 3.87. The van der Waals surface area contributed by atoms with E-state index in [4.69, 9.17) is 5.26 Å². The average molecular weight is 312 g/mol. The maximum Gasteiger partial charge on any atom is 0.197 e. The van der Waals surface area contributed by atoms with E-state index in [1.807, 2.05) is 6.07 Å². The summed E-state index contributed by atoms with van der Waals surface area (Å²) in [7, 11) is 1.75. The fourth-order valence-electron chi connectivity index (χ4n) is 1.81. The van der Waals surface area contributed by atoms with Gasteiger partial charge in [-0.05, 0) is 36.0 Å². The first kappa shape index (κ1) is 14.2. The lowest BCUT2D eigenvalue weighted by molar-refractivity contribution is 0.628. The fraction of sp³-hybridized carbons (Fsp3) is 0.0714. The average Bonchev–Trinajstić information content (AvgIpc) is 2.90. The number of hydrogen-bond donors (Lipinski definition) is 0. The molecule has 0 saturated heterocycles. The normalized spacial score (nSPS) is 10.4. The Morgan fingerprint density at radius 3 is 2.59 bits per heavy atom. The van der Waals surface area contributed by atoms with Crippen molar-refractivity contribution >= 4 is 11.8 Å². The van der Waals surface area contributed by atoms with Crippen molar-refractivity contribution in [3.05, 3.63) is 47.9 Å². The quantitative estimate of drug-likeness (QED) is 0.739. The third-order valence-electron chi connectivity index (χ3n) is 2.90. The zero-order valence-corrected chi connectivity index (χ0v) is 12.3. The van der Waals surface area contributed by atoms with E-state index in [1.54, 1.807) is 41.9 Å². The first-order chi connectivity index (χ1) is 10.7. The lowest BCUT2D eigenvalue weighted by atomic mass is 10.2. The number of halogens is 1. The minimum atomic E-state index is -0.354. The van der Waals surface area contributed by atoms with Crippen LogP contribution in [-0.2, 0) is 7.05 Å². The van der Waals surface area contributed by atoms with Crippen LogP contribution in [-0.4, -0.2) is 25.0 Å². The van der Waals surface area contributed by atoms with Crippen LogP contribution in [0, 0.1) is 17.1 Å². The Balaban J connectivity index is 1.90. The van der Waals surface area contributed by atoms with E-state index in [0.717, 1.165) is 0 Å². The number of nitriles is 1. The van der Waals surface area contributed by atoms with E-state index in [0.29, 0.717) is 21.6 Å². The molecule has 0 fully saturated rings. The first-order valence-electron chi connectivity index (χ1n) is 6.25. The standard InChI is InChI=1S/C14H9FN6S/c1-21-13(10-4-2-3-5-11(10)15)19-20-14(21)22-12-7-6-9(8-16)17-18-12/h2-7H,1H3. The van der Waals surface area contributed by atoms with Crippen molar-refractivity contribution in [1.29, 1.82) is 5.26 Å². The molecule has 0 aliphatic carbocycles. The van der Waals surface area contributed by atoms with Crippen molar-refractivity contribution in [1.82, 2.24) is 25.0 Å². The van der Waals surface area contributed by atoms with Gasteiger partial charge in [0.25, 0.3) is 0 Å². The minimum Gasteiger partial charge on any atom is -0.305 e. The van der Waals surface area contributed by atoms with E-state index in [2.05, 4.69) is 20.4 Å². The molecular formula is C14H9FN6S. The summed E-state index contributed by atoms with van der Waals surface area (Å²) >= 11 is 1.24. The molecule has 3 aromatic rings. The molecule has 0 aliphatic rings. The van der Waals surface area contributed by atoms with E-state index in [-0.39, 0.29) is 11.5 Å². The zero-order chi connectivity index (χ0) is 15.5. The number of aromatic nitrogens is 5. The van der Waals surface area contributed by atoms with E-state index in [9.17, 15) is 4.39 Å². The molecule has 0 aliphatic heterocycles. The maximum atomic E-state index is 13.8. The summed E-state index contributed by atoms with van der Waals surface area (Å²) in [6, 6.07) is 11.5. The van der Waals surface area contributed by atoms with Gasteiger partial charge in [0.1, 0.15) is 16.9 Å². The van der Waals surface area contributed by atoms with Crippen molar-refractivity contribution in [3.63, 3.8) is 0 Å². The molecule has 0 N–H and O–H groups in total. The summed E-state index contributed by atoms with van der Waals surface area (Å²) in [6.45, 7) is 0. The summed E-state index contributed by atoms with van der Waals surface area (Å²) in [5.74, 6) is 0.0786. The largest absolute Gasteiger partial charge is 0.305 e. The van der Waals surface area contributed by atoms with E-state index >= 15 is 0 Å². The monoisotopic (exact) mass is 312 g/mol. The van der Waals surface area contributed by atoms with Crippen molar-refractivity contribution in [2.45, 2.75) is 10.2 Å². The molecular weight excluding hydrogens is 303 g/mol. The molecule has 0 unspecified atom stereocenters. The smallest absolute Gasteiger partial charge is 0.197 e. The summed E-state index contributed by atoms with van der Waals surface area (Å²) < 4.78 is 15.5. The summed E-state index contributed by atoms with van der Waals surface area (Å²) in [6.07, 6.45) is 0. The van der Waals surface area contributed by atoms with Crippen LogP contribution in [0.25, 0.3) is 11.4 Å². The molecule has 108 valence electrons. The maximum absolute atomic E-state index is 13.8. The van der Waals surface area contributed by atoms with Crippen LogP contribution >= 0.6 is 11.8 Å². The van der Waals surface area contributed by atoms with Gasteiger partial charge >= 0.3 is 0 Å². The Morgan fingerprint density at radius 2 is 1.91 bits per heavy atom. The molecule has 2 heterocycles. The number of hydrogen-bond acceptors (Lipinski definition) is 6. The van der Waals surface area contributed by atoms with Crippen LogP contribution in [0.3, 0.4) is 0 Å². The van der Waals surface area contributed by atoms with Gasteiger partial charge in [0.2, 0.25) is 0 Å². The Morgan fingerprint density at radius 1 is 1.09 bits per heavy atom. The number of rotatable bonds is 3. The van der Waals surface area contributed by atoms with Gasteiger partial charge in [-0.3, -0.25) is 0 Å². The van der Waals surface area contributed by atoms with Crippen LogP contribution in [0.1, 0.15) is 5.69 Å². The van der Waals surface area contributed by atoms with Crippen LogP contribution < -0.4 is 0 Å². The molecule has 0 saturated carbocycles. The second-order valence-electron chi connectivity index (χ2n) is 4.32. The Labute approximate surface area is 129 Å². The van der Waals surface area contributed by atoms with Gasteiger partial charge in [0.05, 0.1) is 5.56 Å². The SMILES string of the molecule is Cn1c(Sc2ccc(C#N)nn2)nnc1-c1ccccc1F.